The molecule has 0 saturated heterocycles. The largest absolute Gasteiger partial charge is 0.217 e. The number of hydrogen-bond donors (Lipinski definition) is 0. The number of aromatic nitrogens is 9. The zero-order chi connectivity index (χ0) is 39.6. The molecule has 0 aliphatic rings. The molecule has 0 saturated carbocycles. The second kappa shape index (κ2) is 15.6. The van der Waals surface area contributed by atoms with Gasteiger partial charge in [-0.05, 0) is 29.0 Å². The van der Waals surface area contributed by atoms with Crippen LogP contribution in [0.2, 0.25) is 0 Å². The Morgan fingerprint density at radius 1 is 0.293 bits per heavy atom. The second-order valence-corrected chi connectivity index (χ2v) is 14.7. The fourth-order valence-electron chi connectivity index (χ4n) is 6.76. The molecular weight excluding hydrogens is 715 g/mol. The van der Waals surface area contributed by atoms with Gasteiger partial charge in [-0.1, -0.05) is 161 Å². The summed E-state index contributed by atoms with van der Waals surface area (Å²) in [6.45, 7) is 8.39. The molecule has 0 aliphatic heterocycles. The SMILES string of the molecule is CC(C)c1nc(-c2cccc(-c3nc(-c4ccccc4)nc(-c4cc(-c5nc(-c6ccccc6)nc(-c6ccccc6)n5)cc5ccccc45)n3)c2)nc(C(C)C)n1. The van der Waals surface area contributed by atoms with E-state index in [1.165, 1.54) is 0 Å². The molecular formula is C49H39N9. The summed E-state index contributed by atoms with van der Waals surface area (Å²) in [6, 6.07) is 50.5. The number of nitrogens with zero attached hydrogens (tertiary/aromatic N) is 9. The zero-order valence-corrected chi connectivity index (χ0v) is 32.6. The first-order valence-electron chi connectivity index (χ1n) is 19.4. The Labute approximate surface area is 337 Å². The maximum Gasteiger partial charge on any atom is 0.164 e. The van der Waals surface area contributed by atoms with Gasteiger partial charge in [-0.15, -0.1) is 0 Å². The third-order valence-corrected chi connectivity index (χ3v) is 9.81. The molecule has 0 spiro atoms. The average Bonchev–Trinajstić information content (AvgIpc) is 3.29. The third-order valence-electron chi connectivity index (χ3n) is 9.81. The molecule has 0 aliphatic carbocycles. The number of fused-ring (bicyclic) bond motifs is 1. The molecule has 3 heterocycles. The average molecular weight is 754 g/mol. The van der Waals surface area contributed by atoms with Crippen LogP contribution in [0.5, 0.6) is 0 Å². The highest BCUT2D eigenvalue weighted by Crippen LogP contribution is 2.35. The Balaban J connectivity index is 1.24. The van der Waals surface area contributed by atoms with Gasteiger partial charge in [0.25, 0.3) is 0 Å². The molecule has 0 bridgehead atoms. The molecule has 9 rings (SSSR count). The minimum atomic E-state index is 0.153. The van der Waals surface area contributed by atoms with Gasteiger partial charge in [-0.25, -0.2) is 44.9 Å². The van der Waals surface area contributed by atoms with Gasteiger partial charge in [0, 0.05) is 50.8 Å². The van der Waals surface area contributed by atoms with E-state index in [1.807, 2.05) is 127 Å². The molecule has 3 aromatic heterocycles. The van der Waals surface area contributed by atoms with Crippen LogP contribution in [0.4, 0.5) is 0 Å². The molecule has 9 nitrogen and oxygen atoms in total. The van der Waals surface area contributed by atoms with Crippen molar-refractivity contribution >= 4 is 10.8 Å². The summed E-state index contributed by atoms with van der Waals surface area (Å²) >= 11 is 0. The first kappa shape index (κ1) is 36.3. The van der Waals surface area contributed by atoms with Crippen LogP contribution in [-0.2, 0) is 0 Å². The summed E-state index contributed by atoms with van der Waals surface area (Å²) in [6.07, 6.45) is 0. The van der Waals surface area contributed by atoms with E-state index in [0.717, 1.165) is 61.4 Å². The lowest BCUT2D eigenvalue weighted by molar-refractivity contribution is 0.697. The predicted molar refractivity (Wildman–Crippen MR) is 230 cm³/mol. The molecule has 58 heavy (non-hydrogen) atoms. The van der Waals surface area contributed by atoms with Crippen molar-refractivity contribution in [3.05, 3.63) is 163 Å². The molecule has 0 unspecified atom stereocenters. The quantitative estimate of drug-likeness (QED) is 0.142. The molecule has 280 valence electrons. The Morgan fingerprint density at radius 2 is 0.672 bits per heavy atom. The van der Waals surface area contributed by atoms with E-state index in [-0.39, 0.29) is 11.8 Å². The van der Waals surface area contributed by atoms with Crippen molar-refractivity contribution in [2.75, 3.05) is 0 Å². The lowest BCUT2D eigenvalue weighted by Gasteiger charge is -2.14. The van der Waals surface area contributed by atoms with Crippen molar-refractivity contribution in [1.29, 1.82) is 0 Å². The summed E-state index contributed by atoms with van der Waals surface area (Å²) < 4.78 is 0. The molecule has 9 heteroatoms. The Kier molecular flexibility index (Phi) is 9.77. The highest BCUT2D eigenvalue weighted by molar-refractivity contribution is 5.98. The van der Waals surface area contributed by atoms with Gasteiger partial charge in [0.2, 0.25) is 0 Å². The lowest BCUT2D eigenvalue weighted by atomic mass is 9.99. The Hall–Kier alpha value is -7.39. The summed E-state index contributed by atoms with van der Waals surface area (Å²) in [5.41, 5.74) is 5.99. The van der Waals surface area contributed by atoms with E-state index in [9.17, 15) is 0 Å². The molecule has 0 amide bonds. The van der Waals surface area contributed by atoms with Gasteiger partial charge in [-0.3, -0.25) is 0 Å². The van der Waals surface area contributed by atoms with Gasteiger partial charge in [0.05, 0.1) is 0 Å². The third kappa shape index (κ3) is 7.45. The van der Waals surface area contributed by atoms with Crippen molar-refractivity contribution in [2.24, 2.45) is 0 Å². The van der Waals surface area contributed by atoms with E-state index in [4.69, 9.17) is 44.9 Å². The van der Waals surface area contributed by atoms with Gasteiger partial charge in [-0.2, -0.15) is 0 Å². The molecule has 6 aromatic carbocycles. The minimum absolute atomic E-state index is 0.153. The summed E-state index contributed by atoms with van der Waals surface area (Å²) in [7, 11) is 0. The van der Waals surface area contributed by atoms with Crippen LogP contribution in [0.3, 0.4) is 0 Å². The van der Waals surface area contributed by atoms with Gasteiger partial charge in [0.15, 0.2) is 40.8 Å². The maximum atomic E-state index is 5.21. The van der Waals surface area contributed by atoms with Crippen LogP contribution >= 0.6 is 0 Å². The number of hydrogen-bond acceptors (Lipinski definition) is 9. The molecule has 9 aromatic rings. The van der Waals surface area contributed by atoms with Gasteiger partial charge < -0.3 is 0 Å². The fourth-order valence-corrected chi connectivity index (χ4v) is 6.76. The van der Waals surface area contributed by atoms with Crippen molar-refractivity contribution < 1.29 is 0 Å². The first-order valence-corrected chi connectivity index (χ1v) is 19.4. The number of benzene rings is 6. The topological polar surface area (TPSA) is 116 Å². The smallest absolute Gasteiger partial charge is 0.164 e. The van der Waals surface area contributed by atoms with Crippen LogP contribution in [0.1, 0.15) is 51.2 Å². The first-order chi connectivity index (χ1) is 28.4. The molecule has 0 N–H and O–H groups in total. The maximum absolute atomic E-state index is 5.21. The van der Waals surface area contributed by atoms with E-state index in [1.54, 1.807) is 0 Å². The molecule has 0 atom stereocenters. The Bertz CT molecular complexity index is 2810. The zero-order valence-electron chi connectivity index (χ0n) is 32.6. The number of rotatable bonds is 9. The van der Waals surface area contributed by atoms with E-state index in [0.29, 0.717) is 40.8 Å². The van der Waals surface area contributed by atoms with Crippen molar-refractivity contribution in [3.63, 3.8) is 0 Å². The van der Waals surface area contributed by atoms with Crippen LogP contribution in [0.15, 0.2) is 152 Å². The van der Waals surface area contributed by atoms with Crippen molar-refractivity contribution in [2.45, 2.75) is 39.5 Å². The summed E-state index contributed by atoms with van der Waals surface area (Å²) in [5, 5.41) is 1.99. The lowest BCUT2D eigenvalue weighted by Crippen LogP contribution is -2.08. The normalized spacial score (nSPS) is 11.4. The standard InChI is InChI=1S/C49H39N9/c1-30(2)41-50-42(31(3)4)52-46(51-41)36-24-16-25-37(28-36)47-54-45(34-21-12-7-13-22-34)57-49(58-47)40-29-38(27-35-23-14-15-26-39(35)40)48-55-43(32-17-8-5-9-18-32)53-44(56-48)33-19-10-6-11-20-33/h5-31H,1-4H3. The predicted octanol–water partition coefficient (Wildman–Crippen LogP) is 11.3. The van der Waals surface area contributed by atoms with Crippen LogP contribution in [-0.4, -0.2) is 44.9 Å². The minimum Gasteiger partial charge on any atom is -0.217 e. The van der Waals surface area contributed by atoms with E-state index >= 15 is 0 Å². The van der Waals surface area contributed by atoms with Crippen molar-refractivity contribution in [3.8, 4) is 79.7 Å². The molecule has 0 radical (unpaired) electrons. The van der Waals surface area contributed by atoms with Gasteiger partial charge >= 0.3 is 0 Å². The second-order valence-electron chi connectivity index (χ2n) is 14.7. The highest BCUT2D eigenvalue weighted by atomic mass is 15.1. The summed E-state index contributed by atoms with van der Waals surface area (Å²) in [5.74, 6) is 5.81. The van der Waals surface area contributed by atoms with Crippen LogP contribution in [0.25, 0.3) is 90.5 Å². The van der Waals surface area contributed by atoms with E-state index < -0.39 is 0 Å². The summed E-state index contributed by atoms with van der Waals surface area (Å²) in [4.78, 5) is 45.0. The van der Waals surface area contributed by atoms with Crippen LogP contribution in [0, 0.1) is 0 Å². The van der Waals surface area contributed by atoms with Gasteiger partial charge in [0.1, 0.15) is 11.6 Å². The van der Waals surface area contributed by atoms with Crippen LogP contribution < -0.4 is 0 Å². The molecule has 0 fully saturated rings. The Morgan fingerprint density at radius 3 is 1.16 bits per heavy atom. The monoisotopic (exact) mass is 753 g/mol. The van der Waals surface area contributed by atoms with Crippen molar-refractivity contribution in [1.82, 2.24) is 44.9 Å². The van der Waals surface area contributed by atoms with E-state index in [2.05, 4.69) is 52.0 Å². The highest BCUT2D eigenvalue weighted by Gasteiger charge is 2.20. The fraction of sp³-hybridized carbons (Fsp3) is 0.122.